The Morgan fingerprint density at radius 3 is 1.67 bits per heavy atom. The van der Waals surface area contributed by atoms with Crippen molar-refractivity contribution in [2.24, 2.45) is 0 Å². The van der Waals surface area contributed by atoms with Gasteiger partial charge in [-0.3, -0.25) is 0 Å². The topological polar surface area (TPSA) is 13.1 Å². The summed E-state index contributed by atoms with van der Waals surface area (Å²) in [5.74, 6) is 0.840. The lowest BCUT2D eigenvalue weighted by Gasteiger charge is -2.18. The molecule has 0 saturated carbocycles. The lowest BCUT2D eigenvalue weighted by atomic mass is 9.85. The Morgan fingerprint density at radius 1 is 0.510 bits per heavy atom. The van der Waals surface area contributed by atoms with Crippen LogP contribution >= 0.6 is 11.3 Å². The number of hydrogen-bond donors (Lipinski definition) is 0. The van der Waals surface area contributed by atoms with Gasteiger partial charge in [-0.15, -0.1) is 11.3 Å². The van der Waals surface area contributed by atoms with E-state index in [9.17, 15) is 0 Å². The molecule has 0 saturated heterocycles. The van der Waals surface area contributed by atoms with Crippen molar-refractivity contribution in [1.29, 1.82) is 0 Å². The largest absolute Gasteiger partial charge is 0.456 e. The van der Waals surface area contributed by atoms with Gasteiger partial charge < -0.3 is 4.42 Å². The Balaban J connectivity index is 1.23. The third kappa shape index (κ3) is 4.24. The molecule has 0 atom stereocenters. The molecule has 230 valence electrons. The highest BCUT2D eigenvalue weighted by Gasteiger charge is 2.19. The SMILES string of the molecule is C=Cc1c(/C=C\C)oc2ccc(-c3c4ccccc4c(-c4ccc5sc6cc7cc8ccccc8cc7cc6c5c4)c4ccccc34)cc12. The van der Waals surface area contributed by atoms with Crippen LogP contribution in [-0.4, -0.2) is 0 Å². The zero-order valence-corrected chi connectivity index (χ0v) is 27.8. The summed E-state index contributed by atoms with van der Waals surface area (Å²) in [4.78, 5) is 0. The van der Waals surface area contributed by atoms with Crippen LogP contribution < -0.4 is 0 Å². The summed E-state index contributed by atoms with van der Waals surface area (Å²) in [6.07, 6.45) is 5.92. The molecule has 10 rings (SSSR count). The number of furan rings is 1. The van der Waals surface area contributed by atoms with Crippen molar-refractivity contribution in [2.75, 3.05) is 0 Å². The van der Waals surface area contributed by atoms with Gasteiger partial charge in [-0.25, -0.2) is 0 Å². The summed E-state index contributed by atoms with van der Waals surface area (Å²) in [6.45, 7) is 6.12. The van der Waals surface area contributed by atoms with Crippen LogP contribution in [0.1, 0.15) is 18.2 Å². The summed E-state index contributed by atoms with van der Waals surface area (Å²) in [6, 6.07) is 49.4. The highest BCUT2D eigenvalue weighted by Crippen LogP contribution is 2.46. The molecule has 0 amide bonds. The third-order valence-electron chi connectivity index (χ3n) is 10.1. The molecule has 49 heavy (non-hydrogen) atoms. The van der Waals surface area contributed by atoms with Gasteiger partial charge in [0.2, 0.25) is 0 Å². The zero-order chi connectivity index (χ0) is 32.6. The summed E-state index contributed by atoms with van der Waals surface area (Å²) in [7, 11) is 0. The van der Waals surface area contributed by atoms with Crippen molar-refractivity contribution in [1.82, 2.24) is 0 Å². The minimum Gasteiger partial charge on any atom is -0.456 e. The highest BCUT2D eigenvalue weighted by atomic mass is 32.1. The second-order valence-electron chi connectivity index (χ2n) is 12.8. The van der Waals surface area contributed by atoms with Crippen LogP contribution in [0, 0.1) is 0 Å². The Bertz CT molecular complexity index is 2970. The molecule has 0 aliphatic rings. The van der Waals surface area contributed by atoms with Crippen molar-refractivity contribution >= 4 is 97.7 Å². The third-order valence-corrected chi connectivity index (χ3v) is 11.2. The number of benzene rings is 8. The van der Waals surface area contributed by atoms with E-state index in [4.69, 9.17) is 4.42 Å². The molecule has 8 aromatic carbocycles. The van der Waals surface area contributed by atoms with Gasteiger partial charge in [0, 0.05) is 31.1 Å². The number of hydrogen-bond acceptors (Lipinski definition) is 2. The zero-order valence-electron chi connectivity index (χ0n) is 27.0. The van der Waals surface area contributed by atoms with Gasteiger partial charge in [-0.05, 0) is 127 Å². The van der Waals surface area contributed by atoms with E-state index in [0.717, 1.165) is 22.3 Å². The summed E-state index contributed by atoms with van der Waals surface area (Å²) in [5, 5.41) is 13.8. The normalized spacial score (nSPS) is 12.2. The maximum atomic E-state index is 6.22. The minimum atomic E-state index is 0.840. The van der Waals surface area contributed by atoms with Gasteiger partial charge in [-0.1, -0.05) is 104 Å². The summed E-state index contributed by atoms with van der Waals surface area (Å²) < 4.78 is 8.86. The Kier molecular flexibility index (Phi) is 6.18. The van der Waals surface area contributed by atoms with Crippen LogP contribution in [0.5, 0.6) is 0 Å². The number of rotatable bonds is 4. The first-order valence-corrected chi connectivity index (χ1v) is 17.5. The number of fused-ring (bicyclic) bond motifs is 8. The molecule has 2 heteroatoms. The second kappa shape index (κ2) is 10.8. The van der Waals surface area contributed by atoms with E-state index in [1.54, 1.807) is 0 Å². The van der Waals surface area contributed by atoms with Crippen molar-refractivity contribution in [3.63, 3.8) is 0 Å². The van der Waals surface area contributed by atoms with E-state index in [0.29, 0.717) is 0 Å². The van der Waals surface area contributed by atoms with Gasteiger partial charge in [-0.2, -0.15) is 0 Å². The molecule has 1 nitrogen and oxygen atoms in total. The first-order valence-electron chi connectivity index (χ1n) is 16.7. The molecular weight excluding hydrogens is 613 g/mol. The number of allylic oxidation sites excluding steroid dienone is 1. The minimum absolute atomic E-state index is 0.840. The Morgan fingerprint density at radius 2 is 1.06 bits per heavy atom. The predicted molar refractivity (Wildman–Crippen MR) is 215 cm³/mol. The Hall–Kier alpha value is -5.96. The van der Waals surface area contributed by atoms with Crippen LogP contribution in [0.4, 0.5) is 0 Å². The van der Waals surface area contributed by atoms with E-state index in [1.165, 1.54) is 85.5 Å². The highest BCUT2D eigenvalue weighted by molar-refractivity contribution is 7.25. The first-order chi connectivity index (χ1) is 24.2. The predicted octanol–water partition coefficient (Wildman–Crippen LogP) is 14.4. The molecular formula is C47H30OS. The van der Waals surface area contributed by atoms with Crippen LogP contribution in [0.15, 0.2) is 151 Å². The fourth-order valence-corrected chi connectivity index (χ4v) is 9.01. The standard InChI is InChI=1S/C47H30OS/c1-3-11-42-34(4-2)39-24-30(18-20-43(39)48-42)46-35-14-7-9-16-37(35)47(38-17-10-8-15-36(38)46)31-19-21-44-40(25-31)41-26-32-22-28-12-5-6-13-29(28)23-33(32)27-45(41)49-44/h3-27H,2H2,1H3/b11-3-. The molecule has 10 aromatic rings. The maximum Gasteiger partial charge on any atom is 0.135 e. The lowest BCUT2D eigenvalue weighted by molar-refractivity contribution is 0.603. The van der Waals surface area contributed by atoms with Crippen LogP contribution in [-0.2, 0) is 0 Å². The Labute approximate surface area is 287 Å². The van der Waals surface area contributed by atoms with Gasteiger partial charge in [0.05, 0.1) is 0 Å². The van der Waals surface area contributed by atoms with Crippen molar-refractivity contribution in [3.05, 3.63) is 157 Å². The fraction of sp³-hybridized carbons (Fsp3) is 0.0213. The van der Waals surface area contributed by atoms with E-state index < -0.39 is 0 Å². The lowest BCUT2D eigenvalue weighted by Crippen LogP contribution is -1.90. The van der Waals surface area contributed by atoms with Crippen LogP contribution in [0.25, 0.3) is 109 Å². The van der Waals surface area contributed by atoms with Crippen LogP contribution in [0.3, 0.4) is 0 Å². The van der Waals surface area contributed by atoms with E-state index in [1.807, 2.05) is 36.5 Å². The van der Waals surface area contributed by atoms with E-state index in [-0.39, 0.29) is 0 Å². The van der Waals surface area contributed by atoms with Crippen molar-refractivity contribution < 1.29 is 4.42 Å². The van der Waals surface area contributed by atoms with E-state index >= 15 is 0 Å². The monoisotopic (exact) mass is 642 g/mol. The van der Waals surface area contributed by atoms with E-state index in [2.05, 4.69) is 140 Å². The number of thiophene rings is 1. The smallest absolute Gasteiger partial charge is 0.135 e. The fourth-order valence-electron chi connectivity index (χ4n) is 7.90. The summed E-state index contributed by atoms with van der Waals surface area (Å²) >= 11 is 1.88. The molecule has 0 radical (unpaired) electrons. The molecule has 2 heterocycles. The van der Waals surface area contributed by atoms with Crippen LogP contribution in [0.2, 0.25) is 0 Å². The molecule has 0 spiro atoms. The molecule has 0 bridgehead atoms. The maximum absolute atomic E-state index is 6.22. The van der Waals surface area contributed by atoms with Crippen molar-refractivity contribution in [2.45, 2.75) is 6.92 Å². The first kappa shape index (κ1) is 28.1. The molecule has 0 unspecified atom stereocenters. The average molecular weight is 643 g/mol. The molecule has 0 fully saturated rings. The molecule has 0 aliphatic carbocycles. The molecule has 0 N–H and O–H groups in total. The van der Waals surface area contributed by atoms with Gasteiger partial charge >= 0.3 is 0 Å². The summed E-state index contributed by atoms with van der Waals surface area (Å²) in [5.41, 5.74) is 6.81. The molecule has 0 aliphatic heterocycles. The van der Waals surface area contributed by atoms with Gasteiger partial charge in [0.25, 0.3) is 0 Å². The van der Waals surface area contributed by atoms with Gasteiger partial charge in [0.1, 0.15) is 11.3 Å². The van der Waals surface area contributed by atoms with Crippen molar-refractivity contribution in [3.8, 4) is 22.3 Å². The quantitative estimate of drug-likeness (QED) is 0.174. The van der Waals surface area contributed by atoms with Gasteiger partial charge in [0.15, 0.2) is 0 Å². The molecule has 2 aromatic heterocycles. The second-order valence-corrected chi connectivity index (χ2v) is 13.9. The average Bonchev–Trinajstić information content (AvgIpc) is 3.67.